The number of likely N-dealkylation sites (tertiary alicyclic amines) is 1. The predicted octanol–water partition coefficient (Wildman–Crippen LogP) is 0.961. The molecule has 3 rings (SSSR count). The van der Waals surface area contributed by atoms with Gasteiger partial charge in [0.05, 0.1) is 24.3 Å². The standard InChI is InChI=1S/C26H42N4O6S/c1-5-7-16-9-11-30(14-28-24(34)17-8-6-10-27-13-17)18(12-16)25(35)29-19(15(2)3)23-21(32)20(31)22(33)26(36-23)37-4/h6,8,10,13,15-16,18-23,26,31-33H,5,7,9,11-12,14H2,1-4H3,(H,28,34)(H,29,35)/t16-,18+,19-,20+,21-,22-,23-,26-/m1/s1. The summed E-state index contributed by atoms with van der Waals surface area (Å²) < 4.78 is 5.97. The number of carbonyl (C=O) groups is 2. The number of amides is 2. The van der Waals surface area contributed by atoms with E-state index in [2.05, 4.69) is 22.5 Å². The van der Waals surface area contributed by atoms with Crippen molar-refractivity contribution in [2.75, 3.05) is 19.5 Å². The Morgan fingerprint density at radius 3 is 2.62 bits per heavy atom. The molecule has 208 valence electrons. The quantitative estimate of drug-likeness (QED) is 0.294. The van der Waals surface area contributed by atoms with Crippen molar-refractivity contribution in [2.45, 2.75) is 88.4 Å². The molecule has 0 aromatic carbocycles. The Morgan fingerprint density at radius 2 is 2.00 bits per heavy atom. The number of pyridine rings is 1. The Morgan fingerprint density at radius 1 is 1.24 bits per heavy atom. The van der Waals surface area contributed by atoms with Crippen LogP contribution in [0.1, 0.15) is 56.8 Å². The minimum Gasteiger partial charge on any atom is -0.388 e. The molecule has 10 nitrogen and oxygen atoms in total. The maximum atomic E-state index is 13.7. The summed E-state index contributed by atoms with van der Waals surface area (Å²) in [5.41, 5.74) is -0.263. The maximum absolute atomic E-state index is 13.7. The van der Waals surface area contributed by atoms with Gasteiger partial charge in [-0.2, -0.15) is 0 Å². The molecule has 8 atom stereocenters. The maximum Gasteiger partial charge on any atom is 0.253 e. The van der Waals surface area contributed by atoms with Crippen molar-refractivity contribution in [2.24, 2.45) is 11.8 Å². The largest absolute Gasteiger partial charge is 0.388 e. The van der Waals surface area contributed by atoms with Crippen LogP contribution in [0.5, 0.6) is 0 Å². The van der Waals surface area contributed by atoms with Gasteiger partial charge in [0.2, 0.25) is 5.91 Å². The first kappa shape index (κ1) is 29.8. The van der Waals surface area contributed by atoms with Gasteiger partial charge in [0.15, 0.2) is 0 Å². The topological polar surface area (TPSA) is 144 Å². The molecule has 2 fully saturated rings. The number of aliphatic hydroxyl groups is 3. The van der Waals surface area contributed by atoms with E-state index in [0.717, 1.165) is 19.3 Å². The van der Waals surface area contributed by atoms with E-state index in [-0.39, 0.29) is 24.4 Å². The fraction of sp³-hybridized carbons (Fsp3) is 0.731. The smallest absolute Gasteiger partial charge is 0.253 e. The number of nitrogens with one attached hydrogen (secondary N) is 2. The summed E-state index contributed by atoms with van der Waals surface area (Å²) in [4.78, 5) is 32.3. The number of aliphatic hydroxyl groups excluding tert-OH is 3. The van der Waals surface area contributed by atoms with Crippen LogP contribution in [0, 0.1) is 11.8 Å². The summed E-state index contributed by atoms with van der Waals surface area (Å²) in [5.74, 6) is -0.162. The predicted molar refractivity (Wildman–Crippen MR) is 142 cm³/mol. The van der Waals surface area contributed by atoms with Gasteiger partial charge in [0, 0.05) is 18.9 Å². The van der Waals surface area contributed by atoms with Crippen LogP contribution in [0.15, 0.2) is 24.5 Å². The van der Waals surface area contributed by atoms with Crippen molar-refractivity contribution in [1.82, 2.24) is 20.5 Å². The first-order chi connectivity index (χ1) is 17.7. The molecule has 5 N–H and O–H groups in total. The molecule has 2 amide bonds. The van der Waals surface area contributed by atoms with E-state index < -0.39 is 41.9 Å². The second kappa shape index (κ2) is 13.9. The monoisotopic (exact) mass is 538 g/mol. The van der Waals surface area contributed by atoms with Gasteiger partial charge in [-0.1, -0.05) is 33.6 Å². The van der Waals surface area contributed by atoms with E-state index in [1.807, 2.05) is 18.7 Å². The van der Waals surface area contributed by atoms with E-state index in [4.69, 9.17) is 4.74 Å². The molecule has 11 heteroatoms. The third kappa shape index (κ3) is 7.42. The molecule has 1 aromatic rings. The summed E-state index contributed by atoms with van der Waals surface area (Å²) in [5, 5.41) is 37.4. The van der Waals surface area contributed by atoms with Crippen LogP contribution in [0.4, 0.5) is 0 Å². The lowest BCUT2D eigenvalue weighted by molar-refractivity contribution is -0.208. The van der Waals surface area contributed by atoms with Gasteiger partial charge in [-0.3, -0.25) is 19.5 Å². The fourth-order valence-electron chi connectivity index (χ4n) is 5.25. The highest BCUT2D eigenvalue weighted by molar-refractivity contribution is 7.99. The molecule has 0 bridgehead atoms. The molecule has 3 heterocycles. The van der Waals surface area contributed by atoms with E-state index in [9.17, 15) is 24.9 Å². The van der Waals surface area contributed by atoms with Gasteiger partial charge in [-0.15, -0.1) is 11.8 Å². The van der Waals surface area contributed by atoms with E-state index in [0.29, 0.717) is 24.4 Å². The van der Waals surface area contributed by atoms with Gasteiger partial charge in [-0.25, -0.2) is 0 Å². The number of rotatable bonds is 10. The van der Waals surface area contributed by atoms with Crippen molar-refractivity contribution in [3.8, 4) is 0 Å². The minimum absolute atomic E-state index is 0.109. The lowest BCUT2D eigenvalue weighted by Crippen LogP contribution is -2.65. The second-order valence-electron chi connectivity index (χ2n) is 10.4. The van der Waals surface area contributed by atoms with E-state index in [1.54, 1.807) is 24.6 Å². The van der Waals surface area contributed by atoms with Crippen LogP contribution in [-0.4, -0.2) is 98.4 Å². The van der Waals surface area contributed by atoms with Crippen molar-refractivity contribution in [3.63, 3.8) is 0 Å². The van der Waals surface area contributed by atoms with Crippen molar-refractivity contribution < 1.29 is 29.6 Å². The van der Waals surface area contributed by atoms with Crippen LogP contribution < -0.4 is 10.6 Å². The Kier molecular flexibility index (Phi) is 11.2. The third-order valence-corrected chi connectivity index (χ3v) is 8.26. The van der Waals surface area contributed by atoms with E-state index >= 15 is 0 Å². The number of carbonyl (C=O) groups excluding carboxylic acids is 2. The minimum atomic E-state index is -1.38. The summed E-state index contributed by atoms with van der Waals surface area (Å²) >= 11 is 1.24. The van der Waals surface area contributed by atoms with Crippen LogP contribution in [0.25, 0.3) is 0 Å². The van der Waals surface area contributed by atoms with Gasteiger partial charge >= 0.3 is 0 Å². The Bertz CT molecular complexity index is 876. The molecule has 0 spiro atoms. The molecular formula is C26H42N4O6S. The zero-order valence-corrected chi connectivity index (χ0v) is 22.9. The molecule has 37 heavy (non-hydrogen) atoms. The van der Waals surface area contributed by atoms with Crippen LogP contribution in [0.2, 0.25) is 0 Å². The zero-order chi connectivity index (χ0) is 27.1. The lowest BCUT2D eigenvalue weighted by Gasteiger charge is -2.45. The highest BCUT2D eigenvalue weighted by Crippen LogP contribution is 2.31. The summed E-state index contributed by atoms with van der Waals surface area (Å²) in [6.45, 7) is 6.86. The van der Waals surface area contributed by atoms with Crippen LogP contribution in [0.3, 0.4) is 0 Å². The molecule has 1 aromatic heterocycles. The van der Waals surface area contributed by atoms with Crippen molar-refractivity contribution in [1.29, 1.82) is 0 Å². The molecule has 2 aliphatic heterocycles. The zero-order valence-electron chi connectivity index (χ0n) is 22.1. The molecule has 0 aliphatic carbocycles. The summed E-state index contributed by atoms with van der Waals surface area (Å²) in [7, 11) is 0. The van der Waals surface area contributed by atoms with Crippen molar-refractivity contribution >= 4 is 23.6 Å². The Labute approximate surface area is 223 Å². The summed E-state index contributed by atoms with van der Waals surface area (Å²) in [6, 6.07) is 2.34. The fourth-order valence-corrected chi connectivity index (χ4v) is 5.93. The van der Waals surface area contributed by atoms with Crippen LogP contribution >= 0.6 is 11.8 Å². The third-order valence-electron chi connectivity index (χ3n) is 7.41. The average molecular weight is 539 g/mol. The second-order valence-corrected chi connectivity index (χ2v) is 11.3. The molecule has 0 saturated carbocycles. The molecule has 0 radical (unpaired) electrons. The summed E-state index contributed by atoms with van der Waals surface area (Å²) in [6.07, 6.45) is 3.70. The van der Waals surface area contributed by atoms with Crippen molar-refractivity contribution in [3.05, 3.63) is 30.1 Å². The SMILES string of the molecule is CCC[C@@H]1CCN(CNC(=O)c2cccnc2)[C@H](C(=O)N[C@H](C(C)C)[C@H]2O[C@H](SC)[C@H](O)[C@@H](O)[C@H]2O)C1. The number of thioether (sulfide) groups is 1. The number of hydrogen-bond donors (Lipinski definition) is 5. The number of aromatic nitrogens is 1. The number of piperidine rings is 1. The number of hydrogen-bond acceptors (Lipinski definition) is 9. The number of nitrogens with zero attached hydrogens (tertiary/aromatic N) is 2. The molecule has 0 unspecified atom stereocenters. The Balaban J connectivity index is 1.74. The average Bonchev–Trinajstić information content (AvgIpc) is 2.90. The molecule has 2 saturated heterocycles. The normalized spacial score (nSPS) is 31.6. The van der Waals surface area contributed by atoms with Gasteiger partial charge in [-0.05, 0) is 43.1 Å². The lowest BCUT2D eigenvalue weighted by atomic mass is 9.86. The first-order valence-electron chi connectivity index (χ1n) is 13.1. The first-order valence-corrected chi connectivity index (χ1v) is 14.4. The highest BCUT2D eigenvalue weighted by Gasteiger charge is 2.48. The van der Waals surface area contributed by atoms with Gasteiger partial charge < -0.3 is 30.7 Å². The highest BCUT2D eigenvalue weighted by atomic mass is 32.2. The molecular weight excluding hydrogens is 496 g/mol. The Hall–Kier alpha value is -1.76. The van der Waals surface area contributed by atoms with Gasteiger partial charge in [0.1, 0.15) is 29.9 Å². The molecule has 2 aliphatic rings. The van der Waals surface area contributed by atoms with Crippen LogP contribution in [-0.2, 0) is 9.53 Å². The van der Waals surface area contributed by atoms with Gasteiger partial charge in [0.25, 0.3) is 5.91 Å². The number of ether oxygens (including phenoxy) is 1. The van der Waals surface area contributed by atoms with E-state index in [1.165, 1.54) is 18.0 Å².